The van der Waals surface area contributed by atoms with E-state index in [1.54, 1.807) is 7.11 Å². The monoisotopic (exact) mass is 264 g/mol. The van der Waals surface area contributed by atoms with Crippen molar-refractivity contribution in [1.29, 1.82) is 0 Å². The molecule has 0 N–H and O–H groups in total. The van der Waals surface area contributed by atoms with Gasteiger partial charge in [0.25, 0.3) is 0 Å². The molecule has 3 rings (SSSR count). The van der Waals surface area contributed by atoms with Gasteiger partial charge in [-0.05, 0) is 18.2 Å². The second-order valence-electron chi connectivity index (χ2n) is 4.64. The van der Waals surface area contributed by atoms with E-state index in [0.717, 1.165) is 28.3 Å². The molecule has 3 aromatic rings. The van der Waals surface area contributed by atoms with E-state index in [9.17, 15) is 0 Å². The van der Waals surface area contributed by atoms with Crippen LogP contribution in [-0.4, -0.2) is 16.9 Å². The van der Waals surface area contributed by atoms with Gasteiger partial charge >= 0.3 is 0 Å². The van der Waals surface area contributed by atoms with E-state index in [4.69, 9.17) is 4.74 Å². The lowest BCUT2D eigenvalue weighted by atomic mass is 10.1. The van der Waals surface area contributed by atoms with Gasteiger partial charge in [0, 0.05) is 18.2 Å². The highest BCUT2D eigenvalue weighted by Gasteiger charge is 2.09. The van der Waals surface area contributed by atoms with Crippen LogP contribution in [0.3, 0.4) is 0 Å². The molecule has 1 heterocycles. The standard InChI is InChI=1S/C17H16N2O/c1-19-17(14-9-6-10-15(11-14)20-2)12-16(18-19)13-7-4-3-5-8-13/h3-12H,1-2H3. The summed E-state index contributed by atoms with van der Waals surface area (Å²) in [6, 6.07) is 20.3. The topological polar surface area (TPSA) is 27.1 Å². The van der Waals surface area contributed by atoms with Crippen molar-refractivity contribution in [3.05, 3.63) is 60.7 Å². The summed E-state index contributed by atoms with van der Waals surface area (Å²) in [5.74, 6) is 0.852. The highest BCUT2D eigenvalue weighted by Crippen LogP contribution is 2.27. The van der Waals surface area contributed by atoms with Crippen LogP contribution in [0.1, 0.15) is 0 Å². The lowest BCUT2D eigenvalue weighted by Gasteiger charge is -2.04. The van der Waals surface area contributed by atoms with Gasteiger partial charge in [0.15, 0.2) is 0 Å². The maximum absolute atomic E-state index is 5.28. The van der Waals surface area contributed by atoms with Crippen LogP contribution in [0, 0.1) is 0 Å². The van der Waals surface area contributed by atoms with Crippen LogP contribution in [0.4, 0.5) is 0 Å². The van der Waals surface area contributed by atoms with E-state index in [0.29, 0.717) is 0 Å². The van der Waals surface area contributed by atoms with Crippen LogP contribution in [0.2, 0.25) is 0 Å². The van der Waals surface area contributed by atoms with Gasteiger partial charge in [0.2, 0.25) is 0 Å². The Labute approximate surface area is 118 Å². The minimum Gasteiger partial charge on any atom is -0.497 e. The van der Waals surface area contributed by atoms with Gasteiger partial charge in [-0.15, -0.1) is 0 Å². The molecule has 0 fully saturated rings. The maximum atomic E-state index is 5.28. The molecule has 100 valence electrons. The second kappa shape index (κ2) is 5.21. The zero-order chi connectivity index (χ0) is 13.9. The molecule has 0 saturated heterocycles. The molecule has 0 atom stereocenters. The van der Waals surface area contributed by atoms with Gasteiger partial charge in [-0.1, -0.05) is 42.5 Å². The van der Waals surface area contributed by atoms with Crippen LogP contribution >= 0.6 is 0 Å². The molecule has 1 aromatic heterocycles. The number of nitrogens with zero attached hydrogens (tertiary/aromatic N) is 2. The van der Waals surface area contributed by atoms with E-state index in [2.05, 4.69) is 29.4 Å². The van der Waals surface area contributed by atoms with Crippen molar-refractivity contribution in [1.82, 2.24) is 9.78 Å². The molecule has 0 aliphatic carbocycles. The minimum atomic E-state index is 0.852. The fraction of sp³-hybridized carbons (Fsp3) is 0.118. The molecular formula is C17H16N2O. The third-order valence-electron chi connectivity index (χ3n) is 3.31. The van der Waals surface area contributed by atoms with Gasteiger partial charge in [0.05, 0.1) is 18.5 Å². The summed E-state index contributed by atoms with van der Waals surface area (Å²) in [6.07, 6.45) is 0. The van der Waals surface area contributed by atoms with Crippen molar-refractivity contribution in [3.63, 3.8) is 0 Å². The number of aromatic nitrogens is 2. The Kier molecular flexibility index (Phi) is 3.25. The number of aryl methyl sites for hydroxylation is 1. The van der Waals surface area contributed by atoms with Gasteiger partial charge in [0.1, 0.15) is 5.75 Å². The predicted molar refractivity (Wildman–Crippen MR) is 80.6 cm³/mol. The third kappa shape index (κ3) is 2.30. The molecule has 0 bridgehead atoms. The summed E-state index contributed by atoms with van der Waals surface area (Å²) in [4.78, 5) is 0. The summed E-state index contributed by atoms with van der Waals surface area (Å²) >= 11 is 0. The van der Waals surface area contributed by atoms with Crippen LogP contribution in [0.25, 0.3) is 22.5 Å². The average molecular weight is 264 g/mol. The first-order valence-corrected chi connectivity index (χ1v) is 6.52. The number of hydrogen-bond donors (Lipinski definition) is 0. The summed E-state index contributed by atoms with van der Waals surface area (Å²) in [5, 5.41) is 4.59. The third-order valence-corrected chi connectivity index (χ3v) is 3.31. The smallest absolute Gasteiger partial charge is 0.119 e. The fourth-order valence-corrected chi connectivity index (χ4v) is 2.27. The van der Waals surface area contributed by atoms with Crippen molar-refractivity contribution in [3.8, 4) is 28.3 Å². The Morgan fingerprint density at radius 2 is 1.65 bits per heavy atom. The largest absolute Gasteiger partial charge is 0.497 e. The first-order valence-electron chi connectivity index (χ1n) is 6.52. The van der Waals surface area contributed by atoms with Crippen LogP contribution in [0.15, 0.2) is 60.7 Å². The summed E-state index contributed by atoms with van der Waals surface area (Å²) in [7, 11) is 3.64. The van der Waals surface area contributed by atoms with Gasteiger partial charge < -0.3 is 4.74 Å². The molecule has 20 heavy (non-hydrogen) atoms. The Balaban J connectivity index is 2.05. The number of rotatable bonds is 3. The molecule has 3 nitrogen and oxygen atoms in total. The maximum Gasteiger partial charge on any atom is 0.119 e. The lowest BCUT2D eigenvalue weighted by molar-refractivity contribution is 0.415. The number of hydrogen-bond acceptors (Lipinski definition) is 2. The van der Waals surface area contributed by atoms with E-state index in [1.807, 2.05) is 48.1 Å². The molecule has 0 radical (unpaired) electrons. The van der Waals surface area contributed by atoms with Crippen LogP contribution in [-0.2, 0) is 7.05 Å². The molecule has 0 amide bonds. The SMILES string of the molecule is COc1cccc(-c2cc(-c3ccccc3)nn2C)c1. The van der Waals surface area contributed by atoms with Crippen molar-refractivity contribution in [2.45, 2.75) is 0 Å². The molecule has 0 saturated carbocycles. The summed E-state index contributed by atoms with van der Waals surface area (Å²) in [5.41, 5.74) is 4.27. The van der Waals surface area contributed by atoms with Gasteiger partial charge in [-0.25, -0.2) is 0 Å². The number of ether oxygens (including phenoxy) is 1. The molecule has 0 aliphatic rings. The number of methoxy groups -OCH3 is 1. The first-order chi connectivity index (χ1) is 9.78. The quantitative estimate of drug-likeness (QED) is 0.720. The summed E-state index contributed by atoms with van der Waals surface area (Å²) < 4.78 is 7.18. The second-order valence-corrected chi connectivity index (χ2v) is 4.64. The van der Waals surface area contributed by atoms with Gasteiger partial charge in [-0.3, -0.25) is 4.68 Å². The molecule has 3 heteroatoms. The van der Waals surface area contributed by atoms with E-state index < -0.39 is 0 Å². The van der Waals surface area contributed by atoms with E-state index >= 15 is 0 Å². The summed E-state index contributed by atoms with van der Waals surface area (Å²) in [6.45, 7) is 0. The zero-order valence-electron chi connectivity index (χ0n) is 11.6. The van der Waals surface area contributed by atoms with E-state index in [1.165, 1.54) is 0 Å². The van der Waals surface area contributed by atoms with Crippen LogP contribution in [0.5, 0.6) is 5.75 Å². The van der Waals surface area contributed by atoms with Crippen molar-refractivity contribution >= 4 is 0 Å². The number of benzene rings is 2. The Morgan fingerprint density at radius 1 is 0.900 bits per heavy atom. The average Bonchev–Trinajstić information content (AvgIpc) is 2.90. The Hall–Kier alpha value is -2.55. The lowest BCUT2D eigenvalue weighted by Crippen LogP contribution is -1.94. The Morgan fingerprint density at radius 3 is 2.40 bits per heavy atom. The normalized spacial score (nSPS) is 10.5. The highest BCUT2D eigenvalue weighted by molar-refractivity contribution is 5.69. The highest BCUT2D eigenvalue weighted by atomic mass is 16.5. The molecular weight excluding hydrogens is 248 g/mol. The molecule has 2 aromatic carbocycles. The van der Waals surface area contributed by atoms with Crippen molar-refractivity contribution in [2.75, 3.05) is 7.11 Å². The fourth-order valence-electron chi connectivity index (χ4n) is 2.27. The first kappa shape index (κ1) is 12.5. The van der Waals surface area contributed by atoms with Crippen molar-refractivity contribution in [2.24, 2.45) is 7.05 Å². The van der Waals surface area contributed by atoms with Gasteiger partial charge in [-0.2, -0.15) is 5.10 Å². The molecule has 0 aliphatic heterocycles. The molecule has 0 spiro atoms. The zero-order valence-corrected chi connectivity index (χ0v) is 11.6. The predicted octanol–water partition coefficient (Wildman–Crippen LogP) is 3.76. The molecule has 0 unspecified atom stereocenters. The van der Waals surface area contributed by atoms with Crippen molar-refractivity contribution < 1.29 is 4.74 Å². The Bertz CT molecular complexity index is 717. The van der Waals surface area contributed by atoms with E-state index in [-0.39, 0.29) is 0 Å². The minimum absolute atomic E-state index is 0.852. The van der Waals surface area contributed by atoms with Crippen LogP contribution < -0.4 is 4.74 Å².